The van der Waals surface area contributed by atoms with Crippen molar-refractivity contribution in [3.05, 3.63) is 48.0 Å². The average Bonchev–Trinajstić information content (AvgIpc) is 2.47. The van der Waals surface area contributed by atoms with E-state index in [1.165, 1.54) is 13.2 Å². The Morgan fingerprint density at radius 1 is 1.00 bits per heavy atom. The number of ether oxygens (including phenoxy) is 2. The number of benzene rings is 2. The maximum Gasteiger partial charge on any atom is 0.573 e. The van der Waals surface area contributed by atoms with Crippen molar-refractivity contribution in [2.45, 2.75) is 18.2 Å². The molecular weight excluding hydrogens is 349 g/mol. The summed E-state index contributed by atoms with van der Waals surface area (Å²) in [4.78, 5) is -0.480. The van der Waals surface area contributed by atoms with Crippen LogP contribution in [0.5, 0.6) is 17.2 Å². The molecule has 0 saturated carbocycles. The maximum atomic E-state index is 12.3. The van der Waals surface area contributed by atoms with Gasteiger partial charge in [0.1, 0.15) is 10.6 Å². The zero-order valence-electron chi connectivity index (χ0n) is 12.6. The van der Waals surface area contributed by atoms with Gasteiger partial charge >= 0.3 is 16.5 Å². The topological polar surface area (TPSA) is 61.8 Å². The van der Waals surface area contributed by atoms with Crippen LogP contribution in [0.4, 0.5) is 13.2 Å². The van der Waals surface area contributed by atoms with E-state index in [9.17, 15) is 21.6 Å². The largest absolute Gasteiger partial charge is 0.573 e. The highest BCUT2D eigenvalue weighted by Gasteiger charge is 2.31. The first kappa shape index (κ1) is 17.9. The molecule has 0 atom stereocenters. The minimum absolute atomic E-state index is 0.0785. The standard InChI is InChI=1S/C15H13F3O5S/c1-10-6-7-13(14(8-10)21-2)23-24(19,20)12-5-3-4-11(9-12)22-15(16,17)18/h3-9H,1-2H3. The van der Waals surface area contributed by atoms with Gasteiger partial charge in [-0.3, -0.25) is 0 Å². The third-order valence-corrected chi connectivity index (χ3v) is 4.08. The van der Waals surface area contributed by atoms with Gasteiger partial charge in [0.2, 0.25) is 0 Å². The zero-order valence-corrected chi connectivity index (χ0v) is 13.4. The molecule has 0 fully saturated rings. The normalized spacial score (nSPS) is 11.9. The summed E-state index contributed by atoms with van der Waals surface area (Å²) in [5, 5.41) is 0. The molecule has 0 N–H and O–H groups in total. The predicted molar refractivity (Wildman–Crippen MR) is 78.7 cm³/mol. The van der Waals surface area contributed by atoms with Crippen LogP contribution in [0.15, 0.2) is 47.4 Å². The highest BCUT2D eigenvalue weighted by Crippen LogP contribution is 2.31. The van der Waals surface area contributed by atoms with E-state index in [2.05, 4.69) is 4.74 Å². The Bertz CT molecular complexity index is 831. The predicted octanol–water partition coefficient (Wildman–Crippen LogP) is 3.67. The Kier molecular flexibility index (Phi) is 4.93. The van der Waals surface area contributed by atoms with Crippen LogP contribution in [-0.2, 0) is 10.1 Å². The lowest BCUT2D eigenvalue weighted by molar-refractivity contribution is -0.274. The second-order valence-corrected chi connectivity index (χ2v) is 6.26. The third-order valence-electron chi connectivity index (χ3n) is 2.85. The van der Waals surface area contributed by atoms with E-state index >= 15 is 0 Å². The number of rotatable bonds is 5. The maximum absolute atomic E-state index is 12.3. The fourth-order valence-electron chi connectivity index (χ4n) is 1.84. The summed E-state index contributed by atoms with van der Waals surface area (Å²) in [5.74, 6) is -0.561. The number of hydrogen-bond acceptors (Lipinski definition) is 5. The van der Waals surface area contributed by atoms with Gasteiger partial charge in [-0.25, -0.2) is 0 Å². The van der Waals surface area contributed by atoms with Crippen LogP contribution >= 0.6 is 0 Å². The summed E-state index contributed by atoms with van der Waals surface area (Å²) < 4.78 is 74.9. The quantitative estimate of drug-likeness (QED) is 0.760. The fourth-order valence-corrected chi connectivity index (χ4v) is 2.81. The van der Waals surface area contributed by atoms with Crippen molar-refractivity contribution in [2.24, 2.45) is 0 Å². The van der Waals surface area contributed by atoms with Gasteiger partial charge in [-0.2, -0.15) is 8.42 Å². The molecule has 2 rings (SSSR count). The van der Waals surface area contributed by atoms with Crippen molar-refractivity contribution in [1.82, 2.24) is 0 Å². The molecule has 0 aliphatic heterocycles. The molecule has 0 unspecified atom stereocenters. The fraction of sp³-hybridized carbons (Fsp3) is 0.200. The van der Waals surface area contributed by atoms with Crippen LogP contribution in [0.2, 0.25) is 0 Å². The second-order valence-electron chi connectivity index (χ2n) is 4.71. The molecule has 5 nitrogen and oxygen atoms in total. The van der Waals surface area contributed by atoms with Crippen molar-refractivity contribution in [3.63, 3.8) is 0 Å². The van der Waals surface area contributed by atoms with Crippen LogP contribution in [0, 0.1) is 6.92 Å². The molecule has 2 aromatic carbocycles. The van der Waals surface area contributed by atoms with Crippen molar-refractivity contribution in [1.29, 1.82) is 0 Å². The molecule has 130 valence electrons. The molecule has 0 amide bonds. The lowest BCUT2D eigenvalue weighted by atomic mass is 10.2. The second kappa shape index (κ2) is 6.60. The Hall–Kier alpha value is -2.42. The van der Waals surface area contributed by atoms with Crippen LogP contribution in [0.1, 0.15) is 5.56 Å². The molecule has 0 aliphatic rings. The van der Waals surface area contributed by atoms with E-state index in [-0.39, 0.29) is 11.5 Å². The molecule has 0 aliphatic carbocycles. The van der Waals surface area contributed by atoms with E-state index < -0.39 is 27.1 Å². The van der Waals surface area contributed by atoms with Gasteiger partial charge in [-0.05, 0) is 36.8 Å². The summed E-state index contributed by atoms with van der Waals surface area (Å²) in [6, 6.07) is 8.48. The Morgan fingerprint density at radius 2 is 1.71 bits per heavy atom. The summed E-state index contributed by atoms with van der Waals surface area (Å²) in [5.41, 5.74) is 0.817. The minimum Gasteiger partial charge on any atom is -0.493 e. The first-order valence-corrected chi connectivity index (χ1v) is 7.96. The summed E-state index contributed by atoms with van der Waals surface area (Å²) in [7, 11) is -3.02. The van der Waals surface area contributed by atoms with Crippen molar-refractivity contribution >= 4 is 10.1 Å². The number of halogens is 3. The molecule has 2 aromatic rings. The van der Waals surface area contributed by atoms with Crippen LogP contribution < -0.4 is 13.7 Å². The summed E-state index contributed by atoms with van der Waals surface area (Å²) in [6.45, 7) is 1.78. The van der Waals surface area contributed by atoms with Gasteiger partial charge in [0, 0.05) is 6.07 Å². The van der Waals surface area contributed by atoms with E-state index in [4.69, 9.17) is 8.92 Å². The van der Waals surface area contributed by atoms with Crippen LogP contribution in [0.25, 0.3) is 0 Å². The van der Waals surface area contributed by atoms with Gasteiger partial charge in [-0.1, -0.05) is 12.1 Å². The Balaban J connectivity index is 2.33. The molecule has 0 spiro atoms. The van der Waals surface area contributed by atoms with Gasteiger partial charge in [0.15, 0.2) is 11.5 Å². The molecule has 9 heteroatoms. The minimum atomic E-state index is -4.93. The van der Waals surface area contributed by atoms with Crippen LogP contribution in [-0.4, -0.2) is 21.9 Å². The van der Waals surface area contributed by atoms with Crippen molar-refractivity contribution in [2.75, 3.05) is 7.11 Å². The van der Waals surface area contributed by atoms with Crippen molar-refractivity contribution < 1.29 is 35.2 Å². The van der Waals surface area contributed by atoms with Crippen LogP contribution in [0.3, 0.4) is 0 Å². The molecule has 0 saturated heterocycles. The zero-order chi connectivity index (χ0) is 18.0. The number of alkyl halides is 3. The van der Waals surface area contributed by atoms with Crippen molar-refractivity contribution in [3.8, 4) is 17.2 Å². The molecule has 0 heterocycles. The van der Waals surface area contributed by atoms with E-state index in [1.54, 1.807) is 19.1 Å². The van der Waals surface area contributed by atoms with E-state index in [0.717, 1.165) is 29.8 Å². The smallest absolute Gasteiger partial charge is 0.493 e. The number of hydrogen-bond donors (Lipinski definition) is 0. The lowest BCUT2D eigenvalue weighted by Crippen LogP contribution is -2.17. The monoisotopic (exact) mass is 362 g/mol. The average molecular weight is 362 g/mol. The molecular formula is C15H13F3O5S. The van der Waals surface area contributed by atoms with Gasteiger partial charge in [0.25, 0.3) is 0 Å². The lowest BCUT2D eigenvalue weighted by Gasteiger charge is -2.13. The highest BCUT2D eigenvalue weighted by atomic mass is 32.2. The van der Waals surface area contributed by atoms with E-state index in [1.807, 2.05) is 0 Å². The highest BCUT2D eigenvalue weighted by molar-refractivity contribution is 7.87. The first-order chi connectivity index (χ1) is 11.1. The SMILES string of the molecule is COc1cc(C)ccc1OS(=O)(=O)c1cccc(OC(F)(F)F)c1. The molecule has 0 bridgehead atoms. The molecule has 24 heavy (non-hydrogen) atoms. The van der Waals surface area contributed by atoms with Gasteiger partial charge in [-0.15, -0.1) is 13.2 Å². The third kappa shape index (κ3) is 4.54. The summed E-state index contributed by atoms with van der Waals surface area (Å²) >= 11 is 0. The van der Waals surface area contributed by atoms with Gasteiger partial charge in [0.05, 0.1) is 7.11 Å². The number of methoxy groups -OCH3 is 1. The number of aryl methyl sites for hydroxylation is 1. The Labute approximate surface area is 136 Å². The molecule has 0 aromatic heterocycles. The first-order valence-electron chi connectivity index (χ1n) is 6.56. The molecule has 0 radical (unpaired) electrons. The van der Waals surface area contributed by atoms with Gasteiger partial charge < -0.3 is 13.7 Å². The Morgan fingerprint density at radius 3 is 2.33 bits per heavy atom. The van der Waals surface area contributed by atoms with E-state index in [0.29, 0.717) is 0 Å². The summed E-state index contributed by atoms with van der Waals surface area (Å²) in [6.07, 6.45) is -4.93.